The molecule has 0 amide bonds. The Hall–Kier alpha value is -1.69. The normalized spacial score (nSPS) is 20.7. The predicted octanol–water partition coefficient (Wildman–Crippen LogP) is 2.65. The van der Waals surface area contributed by atoms with E-state index in [4.69, 9.17) is 11.6 Å². The van der Waals surface area contributed by atoms with E-state index in [0.717, 1.165) is 57.0 Å². The molecular weight excluding hydrogens is 336 g/mol. The largest absolute Gasteiger partial charge is 0.394 e. The summed E-state index contributed by atoms with van der Waals surface area (Å²) in [5.41, 5.74) is 3.55. The first-order valence-corrected chi connectivity index (χ1v) is 9.31. The zero-order chi connectivity index (χ0) is 17.2. The van der Waals surface area contributed by atoms with Crippen LogP contribution in [0.3, 0.4) is 0 Å². The van der Waals surface area contributed by atoms with Crippen LogP contribution >= 0.6 is 11.6 Å². The summed E-state index contributed by atoms with van der Waals surface area (Å²) >= 11 is 6.19. The monoisotopic (exact) mass is 358 g/mol. The number of aliphatic hydroxyl groups excluding tert-OH is 1. The zero-order valence-corrected chi connectivity index (χ0v) is 15.0. The quantitative estimate of drug-likeness (QED) is 0.851. The average molecular weight is 359 g/mol. The molecule has 1 aromatic carbocycles. The molecule has 2 aliphatic heterocycles. The van der Waals surface area contributed by atoms with Crippen molar-refractivity contribution >= 4 is 17.4 Å². The van der Waals surface area contributed by atoms with Crippen LogP contribution in [0.1, 0.15) is 29.7 Å². The van der Waals surface area contributed by atoms with Crippen molar-refractivity contribution in [2.45, 2.75) is 38.4 Å². The van der Waals surface area contributed by atoms with E-state index < -0.39 is 0 Å². The number of hydrogen-bond donors (Lipinski definition) is 1. The summed E-state index contributed by atoms with van der Waals surface area (Å²) in [5.74, 6) is 0.921. The van der Waals surface area contributed by atoms with Crippen molar-refractivity contribution in [3.05, 3.63) is 52.4 Å². The highest BCUT2D eigenvalue weighted by molar-refractivity contribution is 6.28. The van der Waals surface area contributed by atoms with Crippen LogP contribution in [0.25, 0.3) is 0 Å². The molecule has 0 bridgehead atoms. The second kappa shape index (κ2) is 7.28. The van der Waals surface area contributed by atoms with E-state index in [1.165, 1.54) is 11.1 Å². The standard InChI is InChI=1S/C19H23ClN4O/c20-19-21-17-8-10-23(11-14-5-2-1-3-6-14)12-16(17)18(22-19)24-9-4-7-15(24)13-25/h1-3,5-6,15,25H,4,7-13H2. The first kappa shape index (κ1) is 16.8. The van der Waals surface area contributed by atoms with Crippen molar-refractivity contribution in [1.82, 2.24) is 14.9 Å². The average Bonchev–Trinajstić information content (AvgIpc) is 3.11. The van der Waals surface area contributed by atoms with Crippen LogP contribution in [0.5, 0.6) is 0 Å². The van der Waals surface area contributed by atoms with Gasteiger partial charge in [-0.25, -0.2) is 9.97 Å². The number of aliphatic hydroxyl groups is 1. The third kappa shape index (κ3) is 3.50. The van der Waals surface area contributed by atoms with Crippen molar-refractivity contribution in [1.29, 1.82) is 0 Å². The SMILES string of the molecule is OCC1CCCN1c1nc(Cl)nc2c1CN(Cc1ccccc1)CC2. The van der Waals surface area contributed by atoms with E-state index in [1.807, 2.05) is 6.07 Å². The Morgan fingerprint density at radius 1 is 1.16 bits per heavy atom. The lowest BCUT2D eigenvalue weighted by molar-refractivity contribution is 0.241. The molecule has 1 atom stereocenters. The van der Waals surface area contributed by atoms with Crippen LogP contribution in [-0.2, 0) is 19.5 Å². The molecule has 0 saturated carbocycles. The van der Waals surface area contributed by atoms with Crippen LogP contribution in [-0.4, -0.2) is 45.7 Å². The number of hydrogen-bond acceptors (Lipinski definition) is 5. The van der Waals surface area contributed by atoms with Gasteiger partial charge in [0.15, 0.2) is 0 Å². The van der Waals surface area contributed by atoms with Crippen LogP contribution in [0, 0.1) is 0 Å². The lowest BCUT2D eigenvalue weighted by atomic mass is 10.0. The molecule has 6 heteroatoms. The molecule has 1 N–H and O–H groups in total. The number of rotatable bonds is 4. The first-order chi connectivity index (χ1) is 12.2. The van der Waals surface area contributed by atoms with Gasteiger partial charge in [0.1, 0.15) is 5.82 Å². The molecule has 2 aromatic rings. The Kier molecular flexibility index (Phi) is 4.88. The molecule has 3 heterocycles. The third-order valence-corrected chi connectivity index (χ3v) is 5.37. The number of anilines is 1. The van der Waals surface area contributed by atoms with E-state index in [1.54, 1.807) is 0 Å². The molecule has 5 nitrogen and oxygen atoms in total. The summed E-state index contributed by atoms with van der Waals surface area (Å²) in [6.07, 6.45) is 2.96. The number of halogens is 1. The minimum atomic E-state index is 0.138. The number of benzene rings is 1. The summed E-state index contributed by atoms with van der Waals surface area (Å²) in [7, 11) is 0. The van der Waals surface area contributed by atoms with Gasteiger partial charge in [0.25, 0.3) is 0 Å². The summed E-state index contributed by atoms with van der Waals surface area (Å²) < 4.78 is 0. The lowest BCUT2D eigenvalue weighted by Crippen LogP contribution is -2.37. The fraction of sp³-hybridized carbons (Fsp3) is 0.474. The summed E-state index contributed by atoms with van der Waals surface area (Å²) in [6.45, 7) is 3.79. The first-order valence-electron chi connectivity index (χ1n) is 8.93. The van der Waals surface area contributed by atoms with Gasteiger partial charge in [-0.3, -0.25) is 4.90 Å². The lowest BCUT2D eigenvalue weighted by Gasteiger charge is -2.33. The Bertz CT molecular complexity index is 740. The van der Waals surface area contributed by atoms with Crippen LogP contribution < -0.4 is 4.90 Å². The number of nitrogens with zero attached hydrogens (tertiary/aromatic N) is 4. The van der Waals surface area contributed by atoms with E-state index in [-0.39, 0.29) is 12.6 Å². The van der Waals surface area contributed by atoms with Gasteiger partial charge < -0.3 is 10.0 Å². The van der Waals surface area contributed by atoms with Crippen molar-refractivity contribution < 1.29 is 5.11 Å². The fourth-order valence-corrected chi connectivity index (χ4v) is 4.12. The van der Waals surface area contributed by atoms with Crippen LogP contribution in [0.4, 0.5) is 5.82 Å². The summed E-state index contributed by atoms with van der Waals surface area (Å²) in [4.78, 5) is 13.7. The molecule has 25 heavy (non-hydrogen) atoms. The van der Waals surface area contributed by atoms with Gasteiger partial charge in [-0.15, -0.1) is 0 Å². The van der Waals surface area contributed by atoms with Gasteiger partial charge in [-0.1, -0.05) is 30.3 Å². The smallest absolute Gasteiger partial charge is 0.224 e. The molecule has 1 aromatic heterocycles. The minimum Gasteiger partial charge on any atom is -0.394 e. The second-order valence-electron chi connectivity index (χ2n) is 6.86. The van der Waals surface area contributed by atoms with E-state index in [9.17, 15) is 5.11 Å². The van der Waals surface area contributed by atoms with Crippen molar-refractivity contribution in [3.63, 3.8) is 0 Å². The van der Waals surface area contributed by atoms with Gasteiger partial charge in [-0.2, -0.15) is 0 Å². The molecule has 0 radical (unpaired) electrons. The fourth-order valence-electron chi connectivity index (χ4n) is 3.94. The van der Waals surface area contributed by atoms with Gasteiger partial charge >= 0.3 is 0 Å². The van der Waals surface area contributed by atoms with Gasteiger partial charge in [0, 0.05) is 38.2 Å². The van der Waals surface area contributed by atoms with Gasteiger partial charge in [0.05, 0.1) is 18.3 Å². The second-order valence-corrected chi connectivity index (χ2v) is 7.20. The Morgan fingerprint density at radius 2 is 2.00 bits per heavy atom. The maximum Gasteiger partial charge on any atom is 0.224 e. The molecular formula is C19H23ClN4O. The third-order valence-electron chi connectivity index (χ3n) is 5.20. The molecule has 132 valence electrons. The molecule has 2 aliphatic rings. The van der Waals surface area contributed by atoms with E-state index >= 15 is 0 Å². The zero-order valence-electron chi connectivity index (χ0n) is 14.2. The van der Waals surface area contributed by atoms with Crippen molar-refractivity contribution in [2.24, 2.45) is 0 Å². The minimum absolute atomic E-state index is 0.138. The molecule has 1 saturated heterocycles. The highest BCUT2D eigenvalue weighted by atomic mass is 35.5. The van der Waals surface area contributed by atoms with Crippen molar-refractivity contribution in [2.75, 3.05) is 24.6 Å². The molecule has 1 fully saturated rings. The predicted molar refractivity (Wildman–Crippen MR) is 98.8 cm³/mol. The highest BCUT2D eigenvalue weighted by Gasteiger charge is 2.30. The van der Waals surface area contributed by atoms with E-state index in [0.29, 0.717) is 5.28 Å². The molecule has 0 aliphatic carbocycles. The van der Waals surface area contributed by atoms with Crippen molar-refractivity contribution in [3.8, 4) is 0 Å². The maximum absolute atomic E-state index is 9.69. The highest BCUT2D eigenvalue weighted by Crippen LogP contribution is 2.32. The number of aromatic nitrogens is 2. The maximum atomic E-state index is 9.69. The summed E-state index contributed by atoms with van der Waals surface area (Å²) in [5, 5.41) is 10.0. The van der Waals surface area contributed by atoms with Gasteiger partial charge in [-0.05, 0) is 30.0 Å². The van der Waals surface area contributed by atoms with Crippen LogP contribution in [0.15, 0.2) is 30.3 Å². The summed E-state index contributed by atoms with van der Waals surface area (Å²) in [6, 6.07) is 10.7. The molecule has 1 unspecified atom stereocenters. The number of fused-ring (bicyclic) bond motifs is 1. The Labute approximate surface area is 153 Å². The van der Waals surface area contributed by atoms with E-state index in [2.05, 4.69) is 44.0 Å². The Morgan fingerprint density at radius 3 is 2.80 bits per heavy atom. The molecule has 4 rings (SSSR count). The van der Waals surface area contributed by atoms with Gasteiger partial charge in [0.2, 0.25) is 5.28 Å². The van der Waals surface area contributed by atoms with Crippen LogP contribution in [0.2, 0.25) is 5.28 Å². The topological polar surface area (TPSA) is 52.5 Å². The Balaban J connectivity index is 1.62. The molecule has 0 spiro atoms.